The average molecular weight is 195 g/mol. The second kappa shape index (κ2) is 3.82. The highest BCUT2D eigenvalue weighted by molar-refractivity contribution is 5.69. The van der Waals surface area contributed by atoms with Crippen LogP contribution in [0.3, 0.4) is 0 Å². The number of carboxylic acid groups (broad SMARTS) is 1. The first-order chi connectivity index (χ1) is 6.77. The first-order valence-corrected chi connectivity index (χ1v) is 4.95. The Hall–Kier alpha value is -1.32. The van der Waals surface area contributed by atoms with Gasteiger partial charge in [-0.2, -0.15) is 0 Å². The van der Waals surface area contributed by atoms with Gasteiger partial charge in [-0.15, -0.1) is 0 Å². The van der Waals surface area contributed by atoms with Gasteiger partial charge < -0.3 is 9.63 Å². The zero-order chi connectivity index (χ0) is 9.97. The van der Waals surface area contributed by atoms with E-state index in [9.17, 15) is 4.79 Å². The van der Waals surface area contributed by atoms with E-state index in [0.29, 0.717) is 5.76 Å². The summed E-state index contributed by atoms with van der Waals surface area (Å²) in [6.07, 6.45) is 5.25. The predicted octanol–water partition coefficient (Wildman–Crippen LogP) is 1.57. The van der Waals surface area contributed by atoms with Crippen molar-refractivity contribution in [2.24, 2.45) is 0 Å². The van der Waals surface area contributed by atoms with Gasteiger partial charge in [0, 0.05) is 5.56 Å². The highest BCUT2D eigenvalue weighted by Gasteiger charge is 2.19. The molecule has 0 saturated carbocycles. The summed E-state index contributed by atoms with van der Waals surface area (Å²) in [6, 6.07) is 0. The topological polar surface area (TPSA) is 63.3 Å². The lowest BCUT2D eigenvalue weighted by molar-refractivity contribution is -0.136. The molecule has 0 fully saturated rings. The molecular weight excluding hydrogens is 182 g/mol. The number of carbonyl (C=O) groups is 1. The number of hydrogen-bond acceptors (Lipinski definition) is 3. The van der Waals surface area contributed by atoms with Gasteiger partial charge in [-0.25, -0.2) is 0 Å². The molecule has 1 aliphatic carbocycles. The summed E-state index contributed by atoms with van der Waals surface area (Å²) < 4.78 is 5.05. The zero-order valence-corrected chi connectivity index (χ0v) is 7.95. The molecule has 1 heterocycles. The summed E-state index contributed by atoms with van der Waals surface area (Å²) in [7, 11) is 0. The van der Waals surface area contributed by atoms with E-state index in [-0.39, 0.29) is 6.42 Å². The highest BCUT2D eigenvalue weighted by Crippen LogP contribution is 2.23. The monoisotopic (exact) mass is 195 g/mol. The Morgan fingerprint density at radius 3 is 2.93 bits per heavy atom. The molecule has 0 saturated heterocycles. The molecule has 1 N–H and O–H groups in total. The first-order valence-electron chi connectivity index (χ1n) is 4.95. The van der Waals surface area contributed by atoms with Gasteiger partial charge in [0.2, 0.25) is 0 Å². The number of hydrogen-bond donors (Lipinski definition) is 1. The molecule has 14 heavy (non-hydrogen) atoms. The van der Waals surface area contributed by atoms with Crippen LogP contribution in [0.2, 0.25) is 0 Å². The maximum Gasteiger partial charge on any atom is 0.311 e. The first kappa shape index (κ1) is 9.24. The Labute approximate surface area is 81.9 Å². The molecule has 1 aliphatic rings. The fourth-order valence-electron chi connectivity index (χ4n) is 1.91. The van der Waals surface area contributed by atoms with Gasteiger partial charge in [-0.3, -0.25) is 4.79 Å². The van der Waals surface area contributed by atoms with Crippen LogP contribution in [0.1, 0.15) is 36.3 Å². The van der Waals surface area contributed by atoms with Crippen LogP contribution < -0.4 is 0 Å². The van der Waals surface area contributed by atoms with Crippen molar-refractivity contribution < 1.29 is 14.4 Å². The molecule has 2 rings (SSSR count). The Morgan fingerprint density at radius 1 is 1.36 bits per heavy atom. The number of aliphatic carboxylic acids is 1. The third kappa shape index (κ3) is 1.78. The minimum absolute atomic E-state index is 0.0394. The van der Waals surface area contributed by atoms with E-state index in [1.165, 1.54) is 6.42 Å². The quantitative estimate of drug-likeness (QED) is 0.727. The molecule has 0 bridgehead atoms. The molecule has 4 heteroatoms. The van der Waals surface area contributed by atoms with E-state index in [4.69, 9.17) is 9.63 Å². The van der Waals surface area contributed by atoms with Crippen molar-refractivity contribution in [1.82, 2.24) is 5.16 Å². The van der Waals surface area contributed by atoms with Crippen LogP contribution in [-0.2, 0) is 24.1 Å². The molecule has 0 amide bonds. The normalized spacial score (nSPS) is 16.0. The largest absolute Gasteiger partial charge is 0.481 e. The van der Waals surface area contributed by atoms with Crippen molar-refractivity contribution in [3.05, 3.63) is 17.0 Å². The summed E-state index contributed by atoms with van der Waals surface area (Å²) in [6.45, 7) is 0. The number of aryl methyl sites for hydroxylation is 1. The number of nitrogens with zero attached hydrogens (tertiary/aromatic N) is 1. The van der Waals surface area contributed by atoms with E-state index in [2.05, 4.69) is 5.16 Å². The Kier molecular flexibility index (Phi) is 2.52. The van der Waals surface area contributed by atoms with E-state index in [1.54, 1.807) is 0 Å². The van der Waals surface area contributed by atoms with Crippen LogP contribution in [-0.4, -0.2) is 16.2 Å². The van der Waals surface area contributed by atoms with Crippen LogP contribution in [0.25, 0.3) is 0 Å². The smallest absolute Gasteiger partial charge is 0.311 e. The van der Waals surface area contributed by atoms with Crippen molar-refractivity contribution in [3.8, 4) is 0 Å². The second-order valence-electron chi connectivity index (χ2n) is 3.66. The maximum absolute atomic E-state index is 10.6. The van der Waals surface area contributed by atoms with Gasteiger partial charge >= 0.3 is 5.97 Å². The summed E-state index contributed by atoms with van der Waals surface area (Å²) in [5, 5.41) is 12.6. The fraction of sp³-hybridized carbons (Fsp3) is 0.600. The lowest BCUT2D eigenvalue weighted by Gasteiger charge is -1.96. The van der Waals surface area contributed by atoms with Gasteiger partial charge in [0.15, 0.2) is 5.76 Å². The van der Waals surface area contributed by atoms with Crippen molar-refractivity contribution in [2.45, 2.75) is 38.5 Å². The molecule has 0 aliphatic heterocycles. The van der Waals surface area contributed by atoms with Crippen LogP contribution in [0.5, 0.6) is 0 Å². The highest BCUT2D eigenvalue weighted by atomic mass is 16.5. The standard InChI is InChI=1S/C10H13NO3/c12-10(13)6-9-7-4-2-1-3-5-8(7)11-14-9/h1-6H2,(H,12,13). The van der Waals surface area contributed by atoms with E-state index >= 15 is 0 Å². The van der Waals surface area contributed by atoms with Gasteiger partial charge in [0.05, 0.1) is 5.69 Å². The number of carboxylic acids is 1. The molecule has 0 aromatic carbocycles. The molecule has 1 aromatic heterocycles. The van der Waals surface area contributed by atoms with Crippen molar-refractivity contribution in [3.63, 3.8) is 0 Å². The summed E-state index contributed by atoms with van der Waals surface area (Å²) >= 11 is 0. The zero-order valence-electron chi connectivity index (χ0n) is 7.95. The predicted molar refractivity (Wildman–Crippen MR) is 49.1 cm³/mol. The van der Waals surface area contributed by atoms with E-state index in [0.717, 1.165) is 36.9 Å². The molecule has 4 nitrogen and oxygen atoms in total. The Morgan fingerprint density at radius 2 is 2.14 bits per heavy atom. The average Bonchev–Trinajstić information content (AvgIpc) is 2.37. The van der Waals surface area contributed by atoms with Crippen molar-refractivity contribution >= 4 is 5.97 Å². The Balaban J connectivity index is 2.24. The van der Waals surface area contributed by atoms with Crippen molar-refractivity contribution in [2.75, 3.05) is 0 Å². The van der Waals surface area contributed by atoms with Gasteiger partial charge in [-0.1, -0.05) is 11.6 Å². The van der Waals surface area contributed by atoms with Gasteiger partial charge in [-0.05, 0) is 25.7 Å². The van der Waals surface area contributed by atoms with Crippen LogP contribution in [0, 0.1) is 0 Å². The lowest BCUT2D eigenvalue weighted by atomic mass is 10.1. The summed E-state index contributed by atoms with van der Waals surface area (Å²) in [5.41, 5.74) is 2.02. The van der Waals surface area contributed by atoms with Crippen LogP contribution in [0.15, 0.2) is 4.52 Å². The summed E-state index contributed by atoms with van der Waals surface area (Å²) in [4.78, 5) is 10.6. The lowest BCUT2D eigenvalue weighted by Crippen LogP contribution is -2.02. The van der Waals surface area contributed by atoms with Gasteiger partial charge in [0.25, 0.3) is 0 Å². The van der Waals surface area contributed by atoms with Crippen LogP contribution in [0.4, 0.5) is 0 Å². The number of aromatic nitrogens is 1. The Bertz CT molecular complexity index is 343. The second-order valence-corrected chi connectivity index (χ2v) is 3.66. The van der Waals surface area contributed by atoms with Gasteiger partial charge in [0.1, 0.15) is 6.42 Å². The molecule has 0 radical (unpaired) electrons. The van der Waals surface area contributed by atoms with E-state index in [1.807, 2.05) is 0 Å². The number of rotatable bonds is 2. The number of fused-ring (bicyclic) bond motifs is 1. The third-order valence-corrected chi connectivity index (χ3v) is 2.60. The fourth-order valence-corrected chi connectivity index (χ4v) is 1.91. The minimum atomic E-state index is -0.854. The molecule has 76 valence electrons. The summed E-state index contributed by atoms with van der Waals surface area (Å²) in [5.74, 6) is -0.303. The molecule has 0 spiro atoms. The molecule has 1 aromatic rings. The molecule has 0 atom stereocenters. The van der Waals surface area contributed by atoms with Crippen molar-refractivity contribution in [1.29, 1.82) is 0 Å². The maximum atomic E-state index is 10.6. The van der Waals surface area contributed by atoms with Crippen LogP contribution >= 0.6 is 0 Å². The SMILES string of the molecule is O=C(O)Cc1onc2c1CCCCC2. The third-order valence-electron chi connectivity index (χ3n) is 2.60. The van der Waals surface area contributed by atoms with E-state index < -0.39 is 5.97 Å². The molecule has 0 unspecified atom stereocenters. The minimum Gasteiger partial charge on any atom is -0.481 e. The molecular formula is C10H13NO3.